The minimum absolute atomic E-state index is 0.0143. The van der Waals surface area contributed by atoms with Crippen LogP contribution in [0.5, 0.6) is 0 Å². The monoisotopic (exact) mass is 329 g/mol. The Morgan fingerprint density at radius 2 is 2.00 bits per heavy atom. The summed E-state index contributed by atoms with van der Waals surface area (Å²) in [4.78, 5) is 0. The highest BCUT2D eigenvalue weighted by atomic mass is 16.5. The van der Waals surface area contributed by atoms with Gasteiger partial charge in [0.2, 0.25) is 0 Å². The van der Waals surface area contributed by atoms with Gasteiger partial charge in [-0.25, -0.2) is 0 Å². The largest absolute Gasteiger partial charge is 0.506 e. The van der Waals surface area contributed by atoms with Crippen molar-refractivity contribution in [2.45, 2.75) is 64.9 Å². The van der Waals surface area contributed by atoms with E-state index in [1.807, 2.05) is 0 Å². The number of aliphatic hydroxyl groups excluding tert-OH is 2. The van der Waals surface area contributed by atoms with Gasteiger partial charge in [0.15, 0.2) is 5.69 Å². The first kappa shape index (κ1) is 15.0. The summed E-state index contributed by atoms with van der Waals surface area (Å²) < 4.78 is 5.15. The normalized spacial score (nSPS) is 47.0. The van der Waals surface area contributed by atoms with Gasteiger partial charge >= 0.3 is 0 Å². The smallest absolute Gasteiger partial charge is 0.151 e. The predicted molar refractivity (Wildman–Crippen MR) is 90.1 cm³/mol. The maximum Gasteiger partial charge on any atom is 0.151 e. The predicted octanol–water partition coefficient (Wildman–Crippen LogP) is 4.10. The Kier molecular flexibility index (Phi) is 2.91. The van der Waals surface area contributed by atoms with E-state index >= 15 is 0 Å². The summed E-state index contributed by atoms with van der Waals surface area (Å²) in [5, 5.41) is 25.4. The summed E-state index contributed by atoms with van der Waals surface area (Å²) in [5.41, 5.74) is 3.04. The standard InChI is InChI=1S/C20H27NO3/c1-19-8-7-14-12(13(19)5-6-16(19)22)3-4-15-18(23)17-11(10-24-21-17)9-20(14,15)2/h10,12-14,16,22-23H,3-9H2,1-2H3. The lowest BCUT2D eigenvalue weighted by Gasteiger charge is -2.57. The van der Waals surface area contributed by atoms with Gasteiger partial charge in [-0.05, 0) is 79.1 Å². The molecule has 2 N–H and O–H groups in total. The number of aliphatic hydroxyl groups is 2. The molecule has 0 saturated heterocycles. The molecule has 4 aliphatic rings. The first-order valence-corrected chi connectivity index (χ1v) is 9.49. The maximum atomic E-state index is 10.8. The van der Waals surface area contributed by atoms with Crippen LogP contribution in [-0.4, -0.2) is 21.5 Å². The van der Waals surface area contributed by atoms with Gasteiger partial charge in [-0.15, -0.1) is 0 Å². The molecule has 0 aliphatic heterocycles. The zero-order chi connectivity index (χ0) is 16.7. The van der Waals surface area contributed by atoms with Crippen molar-refractivity contribution in [1.82, 2.24) is 5.16 Å². The molecule has 4 heteroatoms. The Hall–Kier alpha value is -1.29. The lowest BCUT2D eigenvalue weighted by atomic mass is 9.47. The fraction of sp³-hybridized carbons (Fsp3) is 0.750. The molecule has 0 aromatic carbocycles. The van der Waals surface area contributed by atoms with Crippen LogP contribution in [0.2, 0.25) is 0 Å². The first-order valence-electron chi connectivity index (χ1n) is 9.49. The summed E-state index contributed by atoms with van der Waals surface area (Å²) in [6.45, 7) is 4.66. The number of aromatic nitrogens is 1. The molecule has 130 valence electrons. The molecule has 1 aromatic heterocycles. The van der Waals surface area contributed by atoms with Gasteiger partial charge in [-0.2, -0.15) is 0 Å². The average Bonchev–Trinajstić information content (AvgIpc) is 3.12. The van der Waals surface area contributed by atoms with Crippen molar-refractivity contribution in [1.29, 1.82) is 0 Å². The SMILES string of the molecule is CC12Cc3conc3C(O)=C1CCC1C2CCC2(C)C(O)CCC12. The zero-order valence-corrected chi connectivity index (χ0v) is 14.6. The Morgan fingerprint density at radius 1 is 1.17 bits per heavy atom. The Bertz CT molecular complexity index is 722. The number of fused-ring (bicyclic) bond motifs is 6. The first-order chi connectivity index (χ1) is 11.4. The topological polar surface area (TPSA) is 66.5 Å². The highest BCUT2D eigenvalue weighted by molar-refractivity contribution is 5.66. The third-order valence-corrected chi connectivity index (χ3v) is 8.33. The molecule has 1 heterocycles. The van der Waals surface area contributed by atoms with Gasteiger partial charge in [0.25, 0.3) is 0 Å². The molecule has 1 aromatic rings. The van der Waals surface area contributed by atoms with E-state index < -0.39 is 0 Å². The van der Waals surface area contributed by atoms with E-state index in [1.165, 1.54) is 12.0 Å². The van der Waals surface area contributed by atoms with Gasteiger partial charge in [-0.1, -0.05) is 19.0 Å². The maximum absolute atomic E-state index is 10.8. The second kappa shape index (κ2) is 4.66. The molecule has 0 radical (unpaired) electrons. The van der Waals surface area contributed by atoms with Crippen molar-refractivity contribution in [2.24, 2.45) is 28.6 Å². The fourth-order valence-electron chi connectivity index (χ4n) is 7.02. The van der Waals surface area contributed by atoms with Crippen molar-refractivity contribution in [3.05, 3.63) is 23.1 Å². The van der Waals surface area contributed by atoms with E-state index in [1.54, 1.807) is 6.26 Å². The lowest BCUT2D eigenvalue weighted by Crippen LogP contribution is -2.51. The summed E-state index contributed by atoms with van der Waals surface area (Å²) in [5.74, 6) is 2.28. The summed E-state index contributed by atoms with van der Waals surface area (Å²) in [6, 6.07) is 0. The van der Waals surface area contributed by atoms with E-state index in [-0.39, 0.29) is 16.9 Å². The molecule has 4 nitrogen and oxygen atoms in total. The van der Waals surface area contributed by atoms with Crippen LogP contribution in [0.25, 0.3) is 5.76 Å². The zero-order valence-electron chi connectivity index (χ0n) is 14.6. The average molecular weight is 329 g/mol. The van der Waals surface area contributed by atoms with Gasteiger partial charge in [0, 0.05) is 5.56 Å². The van der Waals surface area contributed by atoms with Crippen molar-refractivity contribution in [3.8, 4) is 0 Å². The Labute approximate surface area is 142 Å². The van der Waals surface area contributed by atoms with Crippen LogP contribution in [0.1, 0.15) is 63.6 Å². The van der Waals surface area contributed by atoms with E-state index in [9.17, 15) is 10.2 Å². The molecule has 3 saturated carbocycles. The molecular formula is C20H27NO3. The van der Waals surface area contributed by atoms with Crippen LogP contribution in [0.3, 0.4) is 0 Å². The van der Waals surface area contributed by atoms with Crippen LogP contribution < -0.4 is 0 Å². The van der Waals surface area contributed by atoms with Crippen molar-refractivity contribution in [2.75, 3.05) is 0 Å². The minimum atomic E-state index is -0.127. The lowest BCUT2D eigenvalue weighted by molar-refractivity contribution is -0.0710. The van der Waals surface area contributed by atoms with Crippen molar-refractivity contribution in [3.63, 3.8) is 0 Å². The van der Waals surface area contributed by atoms with E-state index in [4.69, 9.17) is 4.52 Å². The quantitative estimate of drug-likeness (QED) is 0.752. The molecule has 3 fully saturated rings. The Morgan fingerprint density at radius 3 is 2.83 bits per heavy atom. The molecule has 0 spiro atoms. The number of hydrogen-bond acceptors (Lipinski definition) is 4. The van der Waals surface area contributed by atoms with Gasteiger partial charge in [0.1, 0.15) is 12.0 Å². The number of allylic oxidation sites excluding steroid dienone is 1. The summed E-state index contributed by atoms with van der Waals surface area (Å²) in [6.07, 6.45) is 9.00. The van der Waals surface area contributed by atoms with Gasteiger partial charge in [0.05, 0.1) is 6.10 Å². The van der Waals surface area contributed by atoms with Crippen LogP contribution in [-0.2, 0) is 6.42 Å². The van der Waals surface area contributed by atoms with E-state index in [0.717, 1.165) is 44.1 Å². The number of hydrogen-bond donors (Lipinski definition) is 2. The molecule has 0 bridgehead atoms. The van der Waals surface area contributed by atoms with Gasteiger partial charge < -0.3 is 14.7 Å². The highest BCUT2D eigenvalue weighted by Crippen LogP contribution is 2.65. The van der Waals surface area contributed by atoms with Crippen LogP contribution in [0.15, 0.2) is 16.4 Å². The summed E-state index contributed by atoms with van der Waals surface area (Å²) in [7, 11) is 0. The molecule has 24 heavy (non-hydrogen) atoms. The molecule has 6 unspecified atom stereocenters. The molecule has 4 aliphatic carbocycles. The summed E-state index contributed by atoms with van der Waals surface area (Å²) >= 11 is 0. The molecule has 5 rings (SSSR count). The van der Waals surface area contributed by atoms with Crippen LogP contribution >= 0.6 is 0 Å². The van der Waals surface area contributed by atoms with E-state index in [2.05, 4.69) is 19.0 Å². The fourth-order valence-corrected chi connectivity index (χ4v) is 7.02. The van der Waals surface area contributed by atoms with Crippen LogP contribution in [0.4, 0.5) is 0 Å². The molecule has 0 amide bonds. The third kappa shape index (κ3) is 1.66. The van der Waals surface area contributed by atoms with E-state index in [0.29, 0.717) is 29.2 Å². The third-order valence-electron chi connectivity index (χ3n) is 8.33. The van der Waals surface area contributed by atoms with Crippen molar-refractivity contribution < 1.29 is 14.7 Å². The second-order valence-electron chi connectivity index (χ2n) is 9.16. The highest BCUT2D eigenvalue weighted by Gasteiger charge is 2.59. The van der Waals surface area contributed by atoms with Gasteiger partial charge in [-0.3, -0.25) is 0 Å². The number of rotatable bonds is 0. The minimum Gasteiger partial charge on any atom is -0.506 e. The van der Waals surface area contributed by atoms with Crippen molar-refractivity contribution >= 4 is 5.76 Å². The second-order valence-corrected chi connectivity index (χ2v) is 9.16. The number of nitrogens with zero attached hydrogens (tertiary/aromatic N) is 1. The Balaban J connectivity index is 1.57. The molecule has 6 atom stereocenters. The van der Waals surface area contributed by atoms with Crippen LogP contribution in [0, 0.1) is 28.6 Å². The molecular weight excluding hydrogens is 302 g/mol.